The third-order valence-electron chi connectivity index (χ3n) is 18.5. The first-order valence-electron chi connectivity index (χ1n) is 27.8. The topological polar surface area (TPSA) is 13.0 Å². The Kier molecular flexibility index (Phi) is 8.78. The zero-order valence-corrected chi connectivity index (χ0v) is 47.7. The third-order valence-corrected chi connectivity index (χ3v) is 26.3. The smallest absolute Gasteiger partial charge is 0.368 e. The summed E-state index contributed by atoms with van der Waals surface area (Å²) in [5.41, 5.74) is 34.6. The lowest BCUT2D eigenvalue weighted by Crippen LogP contribution is -2.58. The maximum Gasteiger partial charge on any atom is 0.368 e. The molecule has 11 aromatic carbocycles. The van der Waals surface area contributed by atoms with Crippen molar-refractivity contribution in [2.75, 3.05) is 19.2 Å². The molecule has 0 amide bonds. The van der Waals surface area contributed by atoms with Gasteiger partial charge in [0.25, 0.3) is 0 Å². The molecule has 372 valence electrons. The lowest BCUT2D eigenvalue weighted by Gasteiger charge is -2.53. The standard InChI is InChI=1S/C67H36B4N4S6/c1-5-19-36(20-6-1)72-42-29-15-13-27-40(42)50-61-57-54-46(78-68(61)72)31-17-33-48(54)80-70-63(57)59-52-44(74(70)38-23-9-3-10-24-38)35-45-53-56(52)67(76-65(50)59)77-66-51-41-28-14-16-30-43(41)73(37-21-7-2-8-22-37)69-62(51)58-55-47(79-69)32-18-34-49(55)81-71(64(58)60(53)66)75(45)39-25-11-4-12-26-39/h1-35,67H. The van der Waals surface area contributed by atoms with Gasteiger partial charge in [0.15, 0.2) is 0 Å². The molecular formula is C67H36B4N4S6. The Morgan fingerprint density at radius 3 is 0.963 bits per heavy atom. The molecule has 0 fully saturated rings. The van der Waals surface area contributed by atoms with Crippen molar-refractivity contribution in [3.63, 3.8) is 0 Å². The number of para-hydroxylation sites is 6. The molecule has 0 spiro atoms. The highest BCUT2D eigenvalue weighted by atomic mass is 32.2. The van der Waals surface area contributed by atoms with Crippen molar-refractivity contribution < 1.29 is 0 Å². The predicted molar refractivity (Wildman–Crippen MR) is 353 cm³/mol. The van der Waals surface area contributed by atoms with Crippen LogP contribution >= 0.6 is 70.0 Å². The summed E-state index contributed by atoms with van der Waals surface area (Å²) in [6.07, 6.45) is 0.0348. The highest BCUT2D eigenvalue weighted by Gasteiger charge is 2.59. The fourth-order valence-electron chi connectivity index (χ4n) is 15.6. The van der Waals surface area contributed by atoms with Gasteiger partial charge in [-0.2, -0.15) is 0 Å². The molecule has 10 aliphatic rings. The van der Waals surface area contributed by atoms with Crippen LogP contribution < -0.4 is 41.1 Å². The van der Waals surface area contributed by atoms with Crippen LogP contribution in [0.5, 0.6) is 0 Å². The summed E-state index contributed by atoms with van der Waals surface area (Å²) < 4.78 is 0.0567. The van der Waals surface area contributed by atoms with Crippen LogP contribution in [0.2, 0.25) is 0 Å². The van der Waals surface area contributed by atoms with Crippen LogP contribution in [0, 0.1) is 0 Å². The van der Waals surface area contributed by atoms with E-state index in [0.717, 1.165) is 0 Å². The minimum Gasteiger partial charge on any atom is -0.371 e. The summed E-state index contributed by atoms with van der Waals surface area (Å²) in [5.74, 6) is 0. The Morgan fingerprint density at radius 1 is 0.272 bits per heavy atom. The molecule has 0 radical (unpaired) electrons. The van der Waals surface area contributed by atoms with Crippen LogP contribution in [0.25, 0.3) is 66.8 Å². The molecule has 14 heteroatoms. The summed E-state index contributed by atoms with van der Waals surface area (Å²) >= 11 is 12.5. The molecular weight excluding hydrogens is 1100 g/mol. The van der Waals surface area contributed by atoms with E-state index in [2.05, 4.69) is 278 Å². The van der Waals surface area contributed by atoms with Gasteiger partial charge >= 0.3 is 24.5 Å². The Morgan fingerprint density at radius 2 is 0.593 bits per heavy atom. The normalized spacial score (nSPS) is 16.3. The molecule has 21 rings (SSSR count). The summed E-state index contributed by atoms with van der Waals surface area (Å²) in [4.78, 5) is 19.3. The molecule has 0 unspecified atom stereocenters. The average Bonchev–Trinajstić information content (AvgIpc) is 2.87. The molecule has 0 N–H and O–H groups in total. The first kappa shape index (κ1) is 44.6. The number of thioether (sulfide) groups is 2. The number of hydrogen-bond donors (Lipinski definition) is 0. The maximum absolute atomic E-state index is 2.78. The van der Waals surface area contributed by atoms with Gasteiger partial charge in [0.1, 0.15) is 0 Å². The molecule has 0 aromatic heterocycles. The van der Waals surface area contributed by atoms with Crippen LogP contribution in [0.15, 0.2) is 242 Å². The van der Waals surface area contributed by atoms with Crippen molar-refractivity contribution in [1.82, 2.24) is 0 Å². The van der Waals surface area contributed by atoms with E-state index in [1.54, 1.807) is 0 Å². The fraction of sp³-hybridized carbons (Fsp3) is 0.0149. The Balaban J connectivity index is 0.945. The third kappa shape index (κ3) is 5.48. The molecule has 0 atom stereocenters. The second kappa shape index (κ2) is 15.9. The van der Waals surface area contributed by atoms with Gasteiger partial charge in [-0.25, -0.2) is 0 Å². The zero-order chi connectivity index (χ0) is 52.1. The molecule has 10 heterocycles. The molecule has 81 heavy (non-hydrogen) atoms. The number of nitrogens with zero attached hydrogens (tertiary/aromatic N) is 4. The van der Waals surface area contributed by atoms with Gasteiger partial charge in [-0.3, -0.25) is 0 Å². The van der Waals surface area contributed by atoms with Crippen LogP contribution in [0.4, 0.5) is 45.5 Å². The van der Waals surface area contributed by atoms with Crippen LogP contribution in [-0.2, 0) is 0 Å². The van der Waals surface area contributed by atoms with Gasteiger partial charge in [0.05, 0.1) is 4.58 Å². The number of anilines is 8. The minimum absolute atomic E-state index is 0.0117. The fourth-order valence-corrected chi connectivity index (χ4v) is 24.7. The van der Waals surface area contributed by atoms with E-state index in [1.165, 1.54) is 169 Å². The second-order valence-electron chi connectivity index (χ2n) is 22.2. The van der Waals surface area contributed by atoms with Gasteiger partial charge in [0, 0.05) is 108 Å². The second-order valence-corrected chi connectivity index (χ2v) is 29.2. The van der Waals surface area contributed by atoms with Crippen molar-refractivity contribution in [2.45, 2.75) is 34.0 Å². The van der Waals surface area contributed by atoms with E-state index in [4.69, 9.17) is 0 Å². The van der Waals surface area contributed by atoms with E-state index in [-0.39, 0.29) is 29.1 Å². The van der Waals surface area contributed by atoms with Crippen molar-refractivity contribution in [3.05, 3.63) is 218 Å². The van der Waals surface area contributed by atoms with Crippen LogP contribution in [-0.4, -0.2) is 24.5 Å². The number of rotatable bonds is 4. The lowest BCUT2D eigenvalue weighted by atomic mass is 9.55. The minimum atomic E-state index is -0.0117. The highest BCUT2D eigenvalue weighted by molar-refractivity contribution is 8.29. The Labute approximate surface area is 495 Å². The molecule has 0 saturated heterocycles. The number of benzene rings is 11. The monoisotopic (exact) mass is 1130 g/mol. The van der Waals surface area contributed by atoms with Crippen molar-refractivity contribution in [2.24, 2.45) is 0 Å². The zero-order valence-electron chi connectivity index (χ0n) is 42.8. The quantitative estimate of drug-likeness (QED) is 0.157. The lowest BCUT2D eigenvalue weighted by molar-refractivity contribution is 1.21. The first-order valence-corrected chi connectivity index (χ1v) is 33.0. The number of hydrogen-bond acceptors (Lipinski definition) is 10. The van der Waals surface area contributed by atoms with Gasteiger partial charge in [-0.1, -0.05) is 121 Å². The molecule has 0 bridgehead atoms. The molecule has 4 nitrogen and oxygen atoms in total. The summed E-state index contributed by atoms with van der Waals surface area (Å²) in [6, 6.07) is 80.9. The van der Waals surface area contributed by atoms with Gasteiger partial charge < -0.3 is 19.2 Å². The average molecular weight is 1130 g/mol. The van der Waals surface area contributed by atoms with E-state index in [0.29, 0.717) is 0 Å². The SMILES string of the molecule is c1ccc(N2B3Sc4cccc5c4-c4c3c(c3c6c4B(S5)N(c4ccccc4)c4cc5c7c(c4-6)C(S3)Sc3c4c6c8c(c3-7)B(Sc3cccc(c3-8)SB6N(c3ccccc3)c3ccccc3-4)N5c3ccccc3)-c3ccccc32)cc1. The highest BCUT2D eigenvalue weighted by Crippen LogP contribution is 2.73. The van der Waals surface area contributed by atoms with E-state index in [1.807, 2.05) is 23.2 Å². The molecule has 0 saturated carbocycles. The van der Waals surface area contributed by atoms with Gasteiger partial charge in [-0.05, 0) is 152 Å². The summed E-state index contributed by atoms with van der Waals surface area (Å²) in [7, 11) is 0. The maximum atomic E-state index is 2.78. The Bertz CT molecular complexity index is 4450. The van der Waals surface area contributed by atoms with Gasteiger partial charge in [-0.15, -0.1) is 70.0 Å². The van der Waals surface area contributed by atoms with E-state index < -0.39 is 0 Å². The summed E-state index contributed by atoms with van der Waals surface area (Å²) in [5, 5.41) is 0. The van der Waals surface area contributed by atoms with Gasteiger partial charge in [0.2, 0.25) is 0 Å². The first-order chi connectivity index (χ1) is 40.2. The van der Waals surface area contributed by atoms with E-state index >= 15 is 0 Å². The van der Waals surface area contributed by atoms with Crippen molar-refractivity contribution >= 4 is 162 Å². The van der Waals surface area contributed by atoms with Crippen LogP contribution in [0.1, 0.15) is 10.1 Å². The van der Waals surface area contributed by atoms with Crippen LogP contribution in [0.3, 0.4) is 0 Å². The van der Waals surface area contributed by atoms with E-state index in [9.17, 15) is 0 Å². The largest absolute Gasteiger partial charge is 0.371 e. The Hall–Kier alpha value is -7.02. The predicted octanol–water partition coefficient (Wildman–Crippen LogP) is 16.7. The molecule has 11 aromatic rings. The summed E-state index contributed by atoms with van der Waals surface area (Å²) in [6.45, 7) is 0. The molecule has 10 aliphatic heterocycles. The van der Waals surface area contributed by atoms with Crippen molar-refractivity contribution in [1.29, 1.82) is 0 Å². The number of fused-ring (bicyclic) bond motifs is 6. The van der Waals surface area contributed by atoms with Crippen molar-refractivity contribution in [3.8, 4) is 66.8 Å². The molecule has 0 aliphatic carbocycles.